The number of nitrogens with two attached hydrogens (primary N) is 1. The summed E-state index contributed by atoms with van der Waals surface area (Å²) in [6.45, 7) is 0.685. The fourth-order valence-corrected chi connectivity index (χ4v) is 2.17. The van der Waals surface area contributed by atoms with E-state index in [-0.39, 0.29) is 16.7 Å². The van der Waals surface area contributed by atoms with Crippen LogP contribution in [-0.4, -0.2) is 34.3 Å². The number of carbonyl (C=O) groups is 3. The number of imide groups is 1. The molecule has 0 spiro atoms. The molecule has 1 aliphatic rings. The number of carboxylic acids is 1. The van der Waals surface area contributed by atoms with E-state index in [1.807, 2.05) is 0 Å². The van der Waals surface area contributed by atoms with E-state index in [1.165, 1.54) is 13.0 Å². The molecule has 116 valence electrons. The molecular weight excluding hydrogens is 298 g/mol. The lowest BCUT2D eigenvalue weighted by molar-refractivity contribution is -0.149. The standard InChI is InChI=1S/C16H13N3O4/c1-9-12(6-10-2-4-11(18)5-3-10)15(22)19(8-14(20)21)16(23)13(9)7-17/h2-6H,8,18H2,1H3,(H,20,21)/b12-6-. The normalized spacial score (nSPS) is 16.7. The summed E-state index contributed by atoms with van der Waals surface area (Å²) < 4.78 is 0. The zero-order chi connectivity index (χ0) is 17.1. The second-order valence-corrected chi connectivity index (χ2v) is 4.93. The van der Waals surface area contributed by atoms with Crippen LogP contribution in [0, 0.1) is 11.3 Å². The first-order chi connectivity index (χ1) is 10.8. The summed E-state index contributed by atoms with van der Waals surface area (Å²) in [4.78, 5) is 35.9. The first-order valence-corrected chi connectivity index (χ1v) is 6.61. The van der Waals surface area contributed by atoms with Gasteiger partial charge in [0.05, 0.1) is 0 Å². The SMILES string of the molecule is CC1=C(C#N)C(=O)N(CC(=O)O)C(=O)/C1=C\c1ccc(N)cc1. The molecular formula is C16H13N3O4. The van der Waals surface area contributed by atoms with E-state index in [1.54, 1.807) is 30.3 Å². The number of nitrogens with zero attached hydrogens (tertiary/aromatic N) is 2. The van der Waals surface area contributed by atoms with Crippen LogP contribution in [0.4, 0.5) is 5.69 Å². The Kier molecular flexibility index (Phi) is 4.27. The van der Waals surface area contributed by atoms with E-state index in [0.29, 0.717) is 16.2 Å². The maximum absolute atomic E-state index is 12.4. The molecule has 3 N–H and O–H groups in total. The summed E-state index contributed by atoms with van der Waals surface area (Å²) >= 11 is 0. The van der Waals surface area contributed by atoms with E-state index in [4.69, 9.17) is 16.1 Å². The number of hydrogen-bond acceptors (Lipinski definition) is 5. The predicted octanol–water partition coefficient (Wildman–Crippen LogP) is 0.946. The van der Waals surface area contributed by atoms with Gasteiger partial charge in [-0.05, 0) is 36.3 Å². The Balaban J connectivity index is 2.56. The number of carbonyl (C=O) groups excluding carboxylic acids is 2. The van der Waals surface area contributed by atoms with Crippen molar-refractivity contribution < 1.29 is 19.5 Å². The molecule has 2 rings (SSSR count). The fourth-order valence-electron chi connectivity index (χ4n) is 2.17. The maximum atomic E-state index is 12.4. The number of anilines is 1. The van der Waals surface area contributed by atoms with Crippen molar-refractivity contribution in [2.45, 2.75) is 6.92 Å². The van der Waals surface area contributed by atoms with Crippen LogP contribution in [0.25, 0.3) is 6.08 Å². The topological polar surface area (TPSA) is 124 Å². The first-order valence-electron chi connectivity index (χ1n) is 6.61. The van der Waals surface area contributed by atoms with Crippen LogP contribution >= 0.6 is 0 Å². The number of rotatable bonds is 3. The molecule has 1 aliphatic heterocycles. The second-order valence-electron chi connectivity index (χ2n) is 4.93. The zero-order valence-corrected chi connectivity index (χ0v) is 12.2. The second kappa shape index (κ2) is 6.15. The average Bonchev–Trinajstić information content (AvgIpc) is 2.50. The number of carboxylic acid groups (broad SMARTS) is 1. The summed E-state index contributed by atoms with van der Waals surface area (Å²) in [6, 6.07) is 8.37. The molecule has 0 radical (unpaired) electrons. The van der Waals surface area contributed by atoms with Gasteiger partial charge in [0, 0.05) is 11.3 Å². The van der Waals surface area contributed by atoms with E-state index >= 15 is 0 Å². The lowest BCUT2D eigenvalue weighted by Crippen LogP contribution is -2.45. The molecule has 0 aromatic heterocycles. The van der Waals surface area contributed by atoms with Crippen molar-refractivity contribution in [2.75, 3.05) is 12.3 Å². The largest absolute Gasteiger partial charge is 0.480 e. The van der Waals surface area contributed by atoms with E-state index in [0.717, 1.165) is 0 Å². The minimum Gasteiger partial charge on any atom is -0.480 e. The van der Waals surface area contributed by atoms with Crippen LogP contribution < -0.4 is 5.73 Å². The molecule has 23 heavy (non-hydrogen) atoms. The number of nitriles is 1. The van der Waals surface area contributed by atoms with Crippen molar-refractivity contribution in [1.82, 2.24) is 4.90 Å². The molecule has 7 heteroatoms. The van der Waals surface area contributed by atoms with E-state index < -0.39 is 24.3 Å². The number of nitrogen functional groups attached to an aromatic ring is 1. The maximum Gasteiger partial charge on any atom is 0.323 e. The van der Waals surface area contributed by atoms with Gasteiger partial charge in [0.25, 0.3) is 11.8 Å². The summed E-state index contributed by atoms with van der Waals surface area (Å²) in [5, 5.41) is 18.0. The Morgan fingerprint density at radius 2 is 1.91 bits per heavy atom. The van der Waals surface area contributed by atoms with Gasteiger partial charge in [-0.3, -0.25) is 19.3 Å². The minimum absolute atomic E-state index is 0.104. The van der Waals surface area contributed by atoms with Gasteiger partial charge in [-0.25, -0.2) is 0 Å². The van der Waals surface area contributed by atoms with E-state index in [9.17, 15) is 14.4 Å². The summed E-state index contributed by atoms with van der Waals surface area (Å²) in [5.74, 6) is -2.98. The molecule has 0 saturated heterocycles. The van der Waals surface area contributed by atoms with Gasteiger partial charge in [0.2, 0.25) is 0 Å². The molecule has 0 fully saturated rings. The van der Waals surface area contributed by atoms with E-state index in [2.05, 4.69) is 0 Å². The highest BCUT2D eigenvalue weighted by atomic mass is 16.4. The van der Waals surface area contributed by atoms with Gasteiger partial charge < -0.3 is 10.8 Å². The third-order valence-corrected chi connectivity index (χ3v) is 3.37. The van der Waals surface area contributed by atoms with Crippen molar-refractivity contribution in [3.63, 3.8) is 0 Å². The zero-order valence-electron chi connectivity index (χ0n) is 12.2. The fraction of sp³-hybridized carbons (Fsp3) is 0.125. The smallest absolute Gasteiger partial charge is 0.323 e. The molecule has 0 atom stereocenters. The Labute approximate surface area is 131 Å². The third-order valence-electron chi connectivity index (χ3n) is 3.37. The highest BCUT2D eigenvalue weighted by molar-refractivity contribution is 6.20. The third kappa shape index (κ3) is 3.11. The van der Waals surface area contributed by atoms with Gasteiger partial charge in [0.15, 0.2) is 0 Å². The van der Waals surface area contributed by atoms with Gasteiger partial charge in [-0.1, -0.05) is 12.1 Å². The van der Waals surface area contributed by atoms with Crippen LogP contribution in [0.2, 0.25) is 0 Å². The van der Waals surface area contributed by atoms with Crippen molar-refractivity contribution in [3.05, 3.63) is 46.5 Å². The summed E-state index contributed by atoms with van der Waals surface area (Å²) in [5.41, 5.74) is 6.87. The van der Waals surface area contributed by atoms with Crippen LogP contribution in [0.15, 0.2) is 41.0 Å². The molecule has 0 bridgehead atoms. The van der Waals surface area contributed by atoms with Crippen molar-refractivity contribution in [3.8, 4) is 6.07 Å². The molecule has 7 nitrogen and oxygen atoms in total. The first kappa shape index (κ1) is 16.0. The number of hydrogen-bond donors (Lipinski definition) is 2. The number of aliphatic carboxylic acids is 1. The van der Waals surface area contributed by atoms with Crippen molar-refractivity contribution >= 4 is 29.5 Å². The summed E-state index contributed by atoms with van der Waals surface area (Å²) in [6.07, 6.45) is 1.50. The van der Waals surface area contributed by atoms with Crippen LogP contribution in [-0.2, 0) is 14.4 Å². The van der Waals surface area contributed by atoms with Crippen LogP contribution in [0.5, 0.6) is 0 Å². The molecule has 1 aromatic carbocycles. The number of amides is 2. The Morgan fingerprint density at radius 3 is 2.43 bits per heavy atom. The molecule has 0 saturated carbocycles. The lowest BCUT2D eigenvalue weighted by Gasteiger charge is -2.26. The highest BCUT2D eigenvalue weighted by Crippen LogP contribution is 2.27. The van der Waals surface area contributed by atoms with Gasteiger partial charge in [0.1, 0.15) is 18.2 Å². The van der Waals surface area contributed by atoms with Crippen LogP contribution in [0.1, 0.15) is 12.5 Å². The predicted molar refractivity (Wildman–Crippen MR) is 81.5 cm³/mol. The minimum atomic E-state index is -1.34. The lowest BCUT2D eigenvalue weighted by atomic mass is 9.93. The molecule has 1 heterocycles. The summed E-state index contributed by atoms with van der Waals surface area (Å²) in [7, 11) is 0. The monoisotopic (exact) mass is 311 g/mol. The highest BCUT2D eigenvalue weighted by Gasteiger charge is 2.36. The molecule has 2 amide bonds. The van der Waals surface area contributed by atoms with Crippen molar-refractivity contribution in [2.24, 2.45) is 0 Å². The quantitative estimate of drug-likeness (QED) is 0.486. The Morgan fingerprint density at radius 1 is 1.30 bits per heavy atom. The van der Waals surface area contributed by atoms with Crippen LogP contribution in [0.3, 0.4) is 0 Å². The molecule has 1 aromatic rings. The van der Waals surface area contributed by atoms with Gasteiger partial charge in [-0.15, -0.1) is 0 Å². The Bertz CT molecular complexity index is 798. The van der Waals surface area contributed by atoms with Gasteiger partial charge in [-0.2, -0.15) is 5.26 Å². The average molecular weight is 311 g/mol. The molecule has 0 unspecified atom stereocenters. The Hall–Kier alpha value is -3.40. The number of benzene rings is 1. The molecule has 0 aliphatic carbocycles. The van der Waals surface area contributed by atoms with Gasteiger partial charge >= 0.3 is 5.97 Å². The van der Waals surface area contributed by atoms with Crippen molar-refractivity contribution in [1.29, 1.82) is 5.26 Å².